The summed E-state index contributed by atoms with van der Waals surface area (Å²) in [6.07, 6.45) is 0.473. The van der Waals surface area contributed by atoms with Gasteiger partial charge in [-0.3, -0.25) is 9.59 Å². The van der Waals surface area contributed by atoms with Gasteiger partial charge in [0.15, 0.2) is 0 Å². The molecule has 0 saturated carbocycles. The van der Waals surface area contributed by atoms with E-state index in [2.05, 4.69) is 5.32 Å². The molecule has 4 aromatic carbocycles. The first-order valence-corrected chi connectivity index (χ1v) is 11.4. The molecule has 0 spiro atoms. The molecular formula is C30H28N2O2. The summed E-state index contributed by atoms with van der Waals surface area (Å²) in [6, 6.07) is 38.8. The van der Waals surface area contributed by atoms with Crippen LogP contribution >= 0.6 is 0 Å². The van der Waals surface area contributed by atoms with E-state index in [1.54, 1.807) is 0 Å². The Balaban J connectivity index is 1.74. The van der Waals surface area contributed by atoms with E-state index in [4.69, 9.17) is 5.73 Å². The highest BCUT2D eigenvalue weighted by molar-refractivity contribution is 5.88. The number of primary amides is 1. The summed E-state index contributed by atoms with van der Waals surface area (Å²) in [6.45, 7) is 0. The molecule has 4 nitrogen and oxygen atoms in total. The molecule has 1 atom stereocenters. The fourth-order valence-corrected chi connectivity index (χ4v) is 4.53. The zero-order valence-electron chi connectivity index (χ0n) is 18.9. The Morgan fingerprint density at radius 3 is 1.41 bits per heavy atom. The summed E-state index contributed by atoms with van der Waals surface area (Å²) in [4.78, 5) is 25.8. The molecule has 4 aromatic rings. The van der Waals surface area contributed by atoms with Crippen LogP contribution in [0.1, 0.15) is 28.7 Å². The monoisotopic (exact) mass is 448 g/mol. The smallest absolute Gasteiger partial charge is 0.240 e. The molecule has 0 unspecified atom stereocenters. The van der Waals surface area contributed by atoms with Crippen LogP contribution in [0.15, 0.2) is 121 Å². The van der Waals surface area contributed by atoms with Gasteiger partial charge < -0.3 is 11.1 Å². The second kappa shape index (κ2) is 10.6. The lowest BCUT2D eigenvalue weighted by molar-refractivity contribution is -0.127. The minimum Gasteiger partial charge on any atom is -0.368 e. The van der Waals surface area contributed by atoms with Gasteiger partial charge in [-0.2, -0.15) is 0 Å². The van der Waals surface area contributed by atoms with E-state index in [0.717, 1.165) is 22.3 Å². The van der Waals surface area contributed by atoms with E-state index < -0.39 is 17.4 Å². The van der Waals surface area contributed by atoms with Gasteiger partial charge in [-0.25, -0.2) is 0 Å². The number of nitrogens with one attached hydrogen (secondary N) is 1. The normalized spacial score (nSPS) is 12.0. The highest BCUT2D eigenvalue weighted by Gasteiger charge is 2.39. The summed E-state index contributed by atoms with van der Waals surface area (Å²) in [5, 5.41) is 2.92. The Morgan fingerprint density at radius 1 is 0.647 bits per heavy atom. The quantitative estimate of drug-likeness (QED) is 0.367. The second-order valence-electron chi connectivity index (χ2n) is 8.39. The number of hydrogen-bond donors (Lipinski definition) is 2. The van der Waals surface area contributed by atoms with Gasteiger partial charge >= 0.3 is 0 Å². The molecule has 2 amide bonds. The molecule has 0 radical (unpaired) electrons. The van der Waals surface area contributed by atoms with Gasteiger partial charge in [0.25, 0.3) is 0 Å². The number of nitrogens with two attached hydrogens (primary N) is 1. The summed E-state index contributed by atoms with van der Waals surface area (Å²) in [7, 11) is 0. The van der Waals surface area contributed by atoms with Crippen LogP contribution in [0.2, 0.25) is 0 Å². The van der Waals surface area contributed by atoms with Crippen molar-refractivity contribution in [1.82, 2.24) is 5.32 Å². The molecule has 0 fully saturated rings. The topological polar surface area (TPSA) is 72.2 Å². The van der Waals surface area contributed by atoms with Crippen molar-refractivity contribution in [3.8, 4) is 0 Å². The molecule has 0 aliphatic rings. The van der Waals surface area contributed by atoms with Crippen molar-refractivity contribution in [2.75, 3.05) is 0 Å². The standard InChI is InChI=1S/C30H28N2O2/c31-29(34)27(21-23-13-5-1-6-14-23)32-28(33)22-30(24-15-7-2-8-16-24,25-17-9-3-10-18-25)26-19-11-4-12-20-26/h1-20,27H,21-22H2,(H2,31,34)(H,32,33)/t27-/m0/s1. The maximum Gasteiger partial charge on any atom is 0.240 e. The predicted molar refractivity (Wildman–Crippen MR) is 135 cm³/mol. The summed E-state index contributed by atoms with van der Waals surface area (Å²) in [5.74, 6) is -0.793. The fourth-order valence-electron chi connectivity index (χ4n) is 4.53. The van der Waals surface area contributed by atoms with Gasteiger partial charge in [-0.15, -0.1) is 0 Å². The molecule has 0 bridgehead atoms. The van der Waals surface area contributed by atoms with Gasteiger partial charge in [0.05, 0.1) is 5.41 Å². The van der Waals surface area contributed by atoms with Crippen molar-refractivity contribution in [3.05, 3.63) is 144 Å². The van der Waals surface area contributed by atoms with Crippen LogP contribution in [0.3, 0.4) is 0 Å². The highest BCUT2D eigenvalue weighted by Crippen LogP contribution is 2.42. The Labute approximate surface area is 200 Å². The average Bonchev–Trinajstić information content (AvgIpc) is 2.89. The van der Waals surface area contributed by atoms with Crippen molar-refractivity contribution < 1.29 is 9.59 Å². The maximum absolute atomic E-state index is 13.6. The number of rotatable bonds is 9. The van der Waals surface area contributed by atoms with Crippen LogP contribution in [-0.2, 0) is 21.4 Å². The molecule has 0 heterocycles. The molecule has 170 valence electrons. The van der Waals surface area contributed by atoms with Crippen molar-refractivity contribution in [2.24, 2.45) is 5.73 Å². The fraction of sp³-hybridized carbons (Fsp3) is 0.133. The van der Waals surface area contributed by atoms with Crippen LogP contribution in [0.4, 0.5) is 0 Å². The van der Waals surface area contributed by atoms with Gasteiger partial charge in [0.2, 0.25) is 11.8 Å². The van der Waals surface area contributed by atoms with Crippen molar-refractivity contribution in [3.63, 3.8) is 0 Å². The molecule has 0 aliphatic heterocycles. The lowest BCUT2D eigenvalue weighted by Gasteiger charge is -2.36. The van der Waals surface area contributed by atoms with Crippen LogP contribution in [-0.4, -0.2) is 17.9 Å². The number of carbonyl (C=O) groups is 2. The first-order chi connectivity index (χ1) is 16.6. The van der Waals surface area contributed by atoms with Crippen LogP contribution in [0.5, 0.6) is 0 Å². The van der Waals surface area contributed by atoms with Crippen molar-refractivity contribution >= 4 is 11.8 Å². The van der Waals surface area contributed by atoms with E-state index in [1.807, 2.05) is 121 Å². The third kappa shape index (κ3) is 5.07. The Kier molecular flexibility index (Phi) is 7.19. The number of carbonyl (C=O) groups excluding carboxylic acids is 2. The summed E-state index contributed by atoms with van der Waals surface area (Å²) in [5.41, 5.74) is 8.88. The number of amides is 2. The zero-order chi connectivity index (χ0) is 23.8. The molecule has 4 rings (SSSR count). The molecule has 4 heteroatoms. The Bertz CT molecular complexity index is 1110. The lowest BCUT2D eigenvalue weighted by Crippen LogP contribution is -2.48. The van der Waals surface area contributed by atoms with Gasteiger partial charge in [0, 0.05) is 12.8 Å². The van der Waals surface area contributed by atoms with Crippen LogP contribution < -0.4 is 11.1 Å². The Morgan fingerprint density at radius 2 is 1.03 bits per heavy atom. The van der Waals surface area contributed by atoms with Crippen molar-refractivity contribution in [2.45, 2.75) is 24.3 Å². The largest absolute Gasteiger partial charge is 0.368 e. The van der Waals surface area contributed by atoms with E-state index in [9.17, 15) is 9.59 Å². The number of hydrogen-bond acceptors (Lipinski definition) is 2. The summed E-state index contributed by atoms with van der Waals surface area (Å²) >= 11 is 0. The highest BCUT2D eigenvalue weighted by atomic mass is 16.2. The third-order valence-electron chi connectivity index (χ3n) is 6.19. The summed E-state index contributed by atoms with van der Waals surface area (Å²) < 4.78 is 0. The van der Waals surface area contributed by atoms with E-state index >= 15 is 0 Å². The third-order valence-corrected chi connectivity index (χ3v) is 6.19. The minimum absolute atomic E-state index is 0.129. The maximum atomic E-state index is 13.6. The van der Waals surface area contributed by atoms with Gasteiger partial charge in [-0.05, 0) is 22.3 Å². The van der Waals surface area contributed by atoms with E-state index in [0.29, 0.717) is 6.42 Å². The zero-order valence-corrected chi connectivity index (χ0v) is 18.9. The van der Waals surface area contributed by atoms with E-state index in [-0.39, 0.29) is 12.3 Å². The van der Waals surface area contributed by atoms with E-state index in [1.165, 1.54) is 0 Å². The second-order valence-corrected chi connectivity index (χ2v) is 8.39. The Hall–Kier alpha value is -4.18. The van der Waals surface area contributed by atoms with Gasteiger partial charge in [-0.1, -0.05) is 121 Å². The van der Waals surface area contributed by atoms with Crippen molar-refractivity contribution in [1.29, 1.82) is 0 Å². The lowest BCUT2D eigenvalue weighted by atomic mass is 9.67. The molecule has 0 saturated heterocycles. The minimum atomic E-state index is -0.796. The molecule has 0 aromatic heterocycles. The molecule has 34 heavy (non-hydrogen) atoms. The van der Waals surface area contributed by atoms with Crippen LogP contribution in [0.25, 0.3) is 0 Å². The predicted octanol–water partition coefficient (Wildman–Crippen LogP) is 4.62. The first kappa shape index (κ1) is 23.0. The molecular weight excluding hydrogens is 420 g/mol. The average molecular weight is 449 g/mol. The molecule has 0 aliphatic carbocycles. The SMILES string of the molecule is NC(=O)[C@H](Cc1ccccc1)NC(=O)CC(c1ccccc1)(c1ccccc1)c1ccccc1. The van der Waals surface area contributed by atoms with Crippen LogP contribution in [0, 0.1) is 0 Å². The number of benzene rings is 4. The first-order valence-electron chi connectivity index (χ1n) is 11.4. The molecule has 3 N–H and O–H groups in total. The van der Waals surface area contributed by atoms with Gasteiger partial charge in [0.1, 0.15) is 6.04 Å².